The molecule has 8 heteroatoms. The zero-order valence-corrected chi connectivity index (χ0v) is 19.5. The third-order valence-corrected chi connectivity index (χ3v) is 6.64. The molecule has 31 heavy (non-hydrogen) atoms. The van der Waals surface area contributed by atoms with E-state index in [-0.39, 0.29) is 0 Å². The van der Waals surface area contributed by atoms with Crippen molar-refractivity contribution in [2.24, 2.45) is 14.1 Å². The van der Waals surface area contributed by atoms with Crippen molar-refractivity contribution in [3.63, 3.8) is 0 Å². The first-order chi connectivity index (χ1) is 15.1. The van der Waals surface area contributed by atoms with Crippen LogP contribution in [0.15, 0.2) is 24.8 Å². The Kier molecular flexibility index (Phi) is 8.13. The van der Waals surface area contributed by atoms with Crippen molar-refractivity contribution in [1.29, 1.82) is 0 Å². The lowest BCUT2D eigenvalue weighted by Crippen LogP contribution is -2.34. The van der Waals surface area contributed by atoms with Crippen LogP contribution in [0.25, 0.3) is 0 Å². The molecule has 0 spiro atoms. The highest BCUT2D eigenvalue weighted by Crippen LogP contribution is 2.11. The lowest BCUT2D eigenvalue weighted by Gasteiger charge is -2.24. The van der Waals surface area contributed by atoms with Gasteiger partial charge in [0.25, 0.3) is 0 Å². The van der Waals surface area contributed by atoms with Crippen molar-refractivity contribution < 1.29 is 0 Å². The predicted molar refractivity (Wildman–Crippen MR) is 124 cm³/mol. The molecule has 2 aromatic rings. The van der Waals surface area contributed by atoms with Gasteiger partial charge in [0.1, 0.15) is 0 Å². The molecule has 2 aromatic heterocycles. The molecule has 0 radical (unpaired) electrons. The van der Waals surface area contributed by atoms with Crippen molar-refractivity contribution in [2.45, 2.75) is 32.4 Å². The Bertz CT molecular complexity index is 720. The summed E-state index contributed by atoms with van der Waals surface area (Å²) in [7, 11) is 3.99. The van der Waals surface area contributed by atoms with E-state index in [0.717, 1.165) is 13.1 Å². The van der Waals surface area contributed by atoms with Gasteiger partial charge in [-0.05, 0) is 58.5 Å². The van der Waals surface area contributed by atoms with Crippen molar-refractivity contribution in [1.82, 2.24) is 39.2 Å². The van der Waals surface area contributed by atoms with E-state index >= 15 is 0 Å². The van der Waals surface area contributed by atoms with E-state index in [1.165, 1.54) is 95.8 Å². The van der Waals surface area contributed by atoms with E-state index in [4.69, 9.17) is 0 Å². The van der Waals surface area contributed by atoms with Gasteiger partial charge in [-0.3, -0.25) is 19.2 Å². The largest absolute Gasteiger partial charge is 0.302 e. The smallest absolute Gasteiger partial charge is 0.0534 e. The van der Waals surface area contributed by atoms with Crippen LogP contribution in [0.2, 0.25) is 0 Å². The van der Waals surface area contributed by atoms with Crippen molar-refractivity contribution in [2.75, 3.05) is 65.4 Å². The van der Waals surface area contributed by atoms with Crippen LogP contribution in [0.4, 0.5) is 0 Å². The third kappa shape index (κ3) is 7.14. The summed E-state index contributed by atoms with van der Waals surface area (Å²) in [6, 6.07) is 0. The fraction of sp³-hybridized carbons (Fsp3) is 0.739. The minimum absolute atomic E-state index is 1.03. The standard InChI is InChI=1S/C23H40N8/c1-26-18-22(16-24-26)20-30-10-4-8-28(12-14-30)6-3-7-29-9-5-11-31(15-13-29)21-23-17-25-27(2)19-23/h16-19H,3-15,20-21H2,1-2H3. The van der Waals surface area contributed by atoms with Gasteiger partial charge in [-0.1, -0.05) is 0 Å². The lowest BCUT2D eigenvalue weighted by atomic mass is 10.3. The van der Waals surface area contributed by atoms with Crippen molar-refractivity contribution in [3.05, 3.63) is 35.9 Å². The SMILES string of the molecule is Cn1cc(CN2CCCN(CCCN3CCCN(Cc4cnn(C)c4)CC3)CC2)cn1. The van der Waals surface area contributed by atoms with E-state index in [9.17, 15) is 0 Å². The number of hydrogen-bond donors (Lipinski definition) is 0. The van der Waals surface area contributed by atoms with Gasteiger partial charge in [0.15, 0.2) is 0 Å². The summed E-state index contributed by atoms with van der Waals surface area (Å²) >= 11 is 0. The first-order valence-electron chi connectivity index (χ1n) is 12.0. The maximum absolute atomic E-state index is 4.31. The van der Waals surface area contributed by atoms with Gasteiger partial charge in [-0.2, -0.15) is 10.2 Å². The molecule has 0 aromatic carbocycles. The maximum atomic E-state index is 4.31. The van der Waals surface area contributed by atoms with E-state index in [1.54, 1.807) is 0 Å². The topological polar surface area (TPSA) is 48.6 Å². The average molecular weight is 429 g/mol. The summed E-state index contributed by atoms with van der Waals surface area (Å²) in [6.45, 7) is 14.1. The Labute approximate surface area is 187 Å². The van der Waals surface area contributed by atoms with Crippen LogP contribution in [0.3, 0.4) is 0 Å². The van der Waals surface area contributed by atoms with E-state index in [2.05, 4.69) is 42.2 Å². The van der Waals surface area contributed by atoms with Gasteiger partial charge >= 0.3 is 0 Å². The minimum atomic E-state index is 1.03. The third-order valence-electron chi connectivity index (χ3n) is 6.64. The number of aromatic nitrogens is 4. The monoisotopic (exact) mass is 428 g/mol. The van der Waals surface area contributed by atoms with Gasteiger partial charge < -0.3 is 9.80 Å². The average Bonchev–Trinajstić information content (AvgIpc) is 3.18. The van der Waals surface area contributed by atoms with Crippen molar-refractivity contribution in [3.8, 4) is 0 Å². The Morgan fingerprint density at radius 3 is 1.45 bits per heavy atom. The fourth-order valence-electron chi connectivity index (χ4n) is 4.95. The molecule has 4 heterocycles. The summed E-state index contributed by atoms with van der Waals surface area (Å²) in [5.74, 6) is 0. The van der Waals surface area contributed by atoms with Gasteiger partial charge in [0, 0.05) is 76.9 Å². The van der Waals surface area contributed by atoms with Crippen LogP contribution < -0.4 is 0 Å². The highest BCUT2D eigenvalue weighted by Gasteiger charge is 2.18. The first kappa shape index (κ1) is 22.5. The molecule has 2 aliphatic rings. The molecule has 0 amide bonds. The van der Waals surface area contributed by atoms with E-state index < -0.39 is 0 Å². The molecule has 2 aliphatic heterocycles. The first-order valence-corrected chi connectivity index (χ1v) is 12.0. The summed E-state index contributed by atoms with van der Waals surface area (Å²) in [5.41, 5.74) is 2.66. The van der Waals surface area contributed by atoms with Crippen molar-refractivity contribution >= 4 is 0 Å². The highest BCUT2D eigenvalue weighted by molar-refractivity contribution is 5.04. The van der Waals surface area contributed by atoms with Gasteiger partial charge in [-0.15, -0.1) is 0 Å². The molecule has 0 aliphatic carbocycles. The number of aryl methyl sites for hydroxylation is 2. The van der Waals surface area contributed by atoms with Gasteiger partial charge in [0.2, 0.25) is 0 Å². The maximum Gasteiger partial charge on any atom is 0.0534 e. The van der Waals surface area contributed by atoms with Gasteiger partial charge in [-0.25, -0.2) is 0 Å². The molecule has 0 atom stereocenters. The van der Waals surface area contributed by atoms with E-state index in [0.29, 0.717) is 0 Å². The second kappa shape index (κ2) is 11.2. The van der Waals surface area contributed by atoms with Crippen LogP contribution in [0, 0.1) is 0 Å². The Hall–Kier alpha value is -1.74. The van der Waals surface area contributed by atoms with Gasteiger partial charge in [0.05, 0.1) is 12.4 Å². The second-order valence-corrected chi connectivity index (χ2v) is 9.34. The Morgan fingerprint density at radius 1 is 0.613 bits per heavy atom. The molecular formula is C23H40N8. The molecule has 2 saturated heterocycles. The summed E-state index contributed by atoms with van der Waals surface area (Å²) in [4.78, 5) is 10.5. The molecular weight excluding hydrogens is 388 g/mol. The predicted octanol–water partition coefficient (Wildman–Crippen LogP) is 1.26. The number of hydrogen-bond acceptors (Lipinski definition) is 6. The molecule has 0 N–H and O–H groups in total. The van der Waals surface area contributed by atoms with Crippen LogP contribution in [-0.2, 0) is 27.2 Å². The fourth-order valence-corrected chi connectivity index (χ4v) is 4.95. The summed E-state index contributed by atoms with van der Waals surface area (Å²) < 4.78 is 3.81. The summed E-state index contributed by atoms with van der Waals surface area (Å²) in [5, 5.41) is 8.61. The van der Waals surface area contributed by atoms with Crippen LogP contribution in [-0.4, -0.2) is 105 Å². The zero-order chi connectivity index (χ0) is 21.5. The number of rotatable bonds is 8. The lowest BCUT2D eigenvalue weighted by molar-refractivity contribution is 0.221. The van der Waals surface area contributed by atoms with Crippen LogP contribution in [0.1, 0.15) is 30.4 Å². The van der Waals surface area contributed by atoms with E-state index in [1.807, 2.05) is 35.9 Å². The molecule has 0 bridgehead atoms. The quantitative estimate of drug-likeness (QED) is 0.631. The second-order valence-electron chi connectivity index (χ2n) is 9.34. The molecule has 4 rings (SSSR count). The highest BCUT2D eigenvalue weighted by atomic mass is 15.3. The molecule has 172 valence electrons. The molecule has 8 nitrogen and oxygen atoms in total. The normalized spacial score (nSPS) is 20.7. The summed E-state index contributed by atoms with van der Waals surface area (Å²) in [6.07, 6.45) is 12.1. The molecule has 0 unspecified atom stereocenters. The Balaban J connectivity index is 1.12. The molecule has 0 saturated carbocycles. The molecule has 2 fully saturated rings. The van der Waals surface area contributed by atoms with Crippen LogP contribution >= 0.6 is 0 Å². The van der Waals surface area contributed by atoms with Crippen LogP contribution in [0.5, 0.6) is 0 Å². The Morgan fingerprint density at radius 2 is 1.03 bits per heavy atom. The number of nitrogens with zero attached hydrogens (tertiary/aromatic N) is 8. The minimum Gasteiger partial charge on any atom is -0.302 e. The zero-order valence-electron chi connectivity index (χ0n) is 19.5.